The van der Waals surface area contributed by atoms with E-state index in [0.29, 0.717) is 17.1 Å². The second kappa shape index (κ2) is 3.70. The summed E-state index contributed by atoms with van der Waals surface area (Å²) in [6, 6.07) is 5.61. The normalized spacial score (nSPS) is 10.3. The second-order valence-corrected chi connectivity index (χ2v) is 3.13. The molecule has 1 aromatic heterocycles. The maximum atomic E-state index is 5.34. The zero-order valence-electron chi connectivity index (χ0n) is 8.61. The molecule has 0 aliphatic heterocycles. The summed E-state index contributed by atoms with van der Waals surface area (Å²) in [6.45, 7) is 1.85. The maximum Gasteiger partial charge on any atom is 0.162 e. The van der Waals surface area contributed by atoms with Gasteiger partial charge in [-0.1, -0.05) is 6.07 Å². The zero-order valence-corrected chi connectivity index (χ0v) is 8.61. The van der Waals surface area contributed by atoms with Crippen molar-refractivity contribution in [3.05, 3.63) is 23.9 Å². The molecule has 0 saturated carbocycles. The fraction of sp³-hybridized carbons (Fsp3) is 0.200. The Balaban J connectivity index is 2.76. The third-order valence-corrected chi connectivity index (χ3v) is 2.19. The minimum atomic E-state index is 0.562. The topological polar surface area (TPSA) is 73.1 Å². The largest absolute Gasteiger partial charge is 0.494 e. The van der Waals surface area contributed by atoms with Gasteiger partial charge in [-0.05, 0) is 19.1 Å². The predicted octanol–water partition coefficient (Wildman–Crippen LogP) is 1.23. The third-order valence-electron chi connectivity index (χ3n) is 2.19. The van der Waals surface area contributed by atoms with Crippen LogP contribution in [0.4, 0.5) is 5.82 Å². The molecule has 3 N–H and O–H groups in total. The van der Waals surface area contributed by atoms with E-state index in [1.165, 1.54) is 0 Å². The molecule has 5 nitrogen and oxygen atoms in total. The van der Waals surface area contributed by atoms with Gasteiger partial charge < -0.3 is 10.2 Å². The van der Waals surface area contributed by atoms with Gasteiger partial charge in [-0.3, -0.25) is 0 Å². The van der Waals surface area contributed by atoms with Gasteiger partial charge in [0.15, 0.2) is 5.82 Å². The number of aromatic nitrogens is 2. The molecule has 0 unspecified atom stereocenters. The molecule has 0 saturated heterocycles. The highest BCUT2D eigenvalue weighted by atomic mass is 16.5. The number of rotatable bonds is 2. The smallest absolute Gasteiger partial charge is 0.162 e. The van der Waals surface area contributed by atoms with Crippen LogP contribution in [0.25, 0.3) is 11.0 Å². The SMILES string of the molecule is COc1cccc2nc(C)c(NN)nc12. The second-order valence-electron chi connectivity index (χ2n) is 3.13. The summed E-state index contributed by atoms with van der Waals surface area (Å²) in [6.07, 6.45) is 0. The van der Waals surface area contributed by atoms with Gasteiger partial charge in [0, 0.05) is 0 Å². The van der Waals surface area contributed by atoms with Crippen molar-refractivity contribution >= 4 is 16.9 Å². The van der Waals surface area contributed by atoms with E-state index >= 15 is 0 Å². The van der Waals surface area contributed by atoms with Gasteiger partial charge in [0.25, 0.3) is 0 Å². The highest BCUT2D eigenvalue weighted by Crippen LogP contribution is 2.24. The number of fused-ring (bicyclic) bond motifs is 1. The zero-order chi connectivity index (χ0) is 10.8. The number of hydrazine groups is 1. The van der Waals surface area contributed by atoms with Gasteiger partial charge >= 0.3 is 0 Å². The van der Waals surface area contributed by atoms with E-state index in [9.17, 15) is 0 Å². The monoisotopic (exact) mass is 204 g/mol. The predicted molar refractivity (Wildman–Crippen MR) is 58.6 cm³/mol. The molecule has 1 heterocycles. The van der Waals surface area contributed by atoms with Crippen LogP contribution in [0.1, 0.15) is 5.69 Å². The van der Waals surface area contributed by atoms with Gasteiger partial charge in [-0.15, -0.1) is 0 Å². The number of ether oxygens (including phenoxy) is 1. The van der Waals surface area contributed by atoms with Crippen molar-refractivity contribution in [2.45, 2.75) is 6.92 Å². The summed E-state index contributed by atoms with van der Waals surface area (Å²) in [4.78, 5) is 8.71. The first kappa shape index (κ1) is 9.67. The fourth-order valence-corrected chi connectivity index (χ4v) is 1.44. The number of anilines is 1. The van der Waals surface area contributed by atoms with Crippen molar-refractivity contribution in [3.63, 3.8) is 0 Å². The van der Waals surface area contributed by atoms with Crippen molar-refractivity contribution in [3.8, 4) is 5.75 Å². The van der Waals surface area contributed by atoms with E-state index in [-0.39, 0.29) is 0 Å². The third kappa shape index (κ3) is 1.57. The van der Waals surface area contributed by atoms with Crippen molar-refractivity contribution in [2.24, 2.45) is 5.84 Å². The van der Waals surface area contributed by atoms with Gasteiger partial charge in [0.2, 0.25) is 0 Å². The molecule has 1 aromatic carbocycles. The highest BCUT2D eigenvalue weighted by molar-refractivity contribution is 5.82. The minimum absolute atomic E-state index is 0.562. The van der Waals surface area contributed by atoms with Crippen LogP contribution in [-0.2, 0) is 0 Å². The molecular formula is C10H12N4O. The molecule has 0 aliphatic rings. The van der Waals surface area contributed by atoms with Crippen LogP contribution in [0.3, 0.4) is 0 Å². The summed E-state index contributed by atoms with van der Waals surface area (Å²) in [5, 5.41) is 0. The van der Waals surface area contributed by atoms with Crippen LogP contribution < -0.4 is 16.0 Å². The van der Waals surface area contributed by atoms with Crippen LogP contribution in [0.2, 0.25) is 0 Å². The number of hydrogen-bond acceptors (Lipinski definition) is 5. The Morgan fingerprint density at radius 3 is 2.80 bits per heavy atom. The van der Waals surface area contributed by atoms with E-state index in [1.54, 1.807) is 7.11 Å². The molecule has 0 fully saturated rings. The number of nitrogens with zero attached hydrogens (tertiary/aromatic N) is 2. The van der Waals surface area contributed by atoms with E-state index in [2.05, 4.69) is 15.4 Å². The molecule has 0 aliphatic carbocycles. The Hall–Kier alpha value is -1.88. The Labute approximate surface area is 87.3 Å². The molecular weight excluding hydrogens is 192 g/mol. The van der Waals surface area contributed by atoms with Crippen LogP contribution >= 0.6 is 0 Å². The van der Waals surface area contributed by atoms with Gasteiger partial charge in [-0.25, -0.2) is 15.8 Å². The Morgan fingerprint density at radius 2 is 2.13 bits per heavy atom. The highest BCUT2D eigenvalue weighted by Gasteiger charge is 2.07. The standard InChI is InChI=1S/C10H12N4O/c1-6-10(14-11)13-9-7(12-6)4-3-5-8(9)15-2/h3-5H,11H2,1-2H3,(H,13,14). The average Bonchev–Trinajstić information content (AvgIpc) is 2.27. The average molecular weight is 204 g/mol. The van der Waals surface area contributed by atoms with Crippen molar-refractivity contribution in [1.29, 1.82) is 0 Å². The Morgan fingerprint density at radius 1 is 1.33 bits per heavy atom. The summed E-state index contributed by atoms with van der Waals surface area (Å²) >= 11 is 0. The van der Waals surface area contributed by atoms with Crippen LogP contribution in [0, 0.1) is 6.92 Å². The van der Waals surface area contributed by atoms with Gasteiger partial charge in [0.1, 0.15) is 11.3 Å². The summed E-state index contributed by atoms with van der Waals surface area (Å²) < 4.78 is 5.20. The summed E-state index contributed by atoms with van der Waals surface area (Å²) in [7, 11) is 1.60. The lowest BCUT2D eigenvalue weighted by Crippen LogP contribution is -2.11. The molecule has 0 radical (unpaired) electrons. The van der Waals surface area contributed by atoms with E-state index < -0.39 is 0 Å². The number of methoxy groups -OCH3 is 1. The first-order valence-corrected chi connectivity index (χ1v) is 4.54. The van der Waals surface area contributed by atoms with E-state index in [1.807, 2.05) is 25.1 Å². The lowest BCUT2D eigenvalue weighted by Gasteiger charge is -2.07. The molecule has 0 amide bonds. The number of nitrogens with two attached hydrogens (primary N) is 1. The molecule has 2 aromatic rings. The lowest BCUT2D eigenvalue weighted by atomic mass is 10.2. The number of para-hydroxylation sites is 1. The first-order chi connectivity index (χ1) is 7.26. The number of nitrogen functional groups attached to an aromatic ring is 1. The molecule has 0 spiro atoms. The molecule has 0 atom stereocenters. The molecule has 15 heavy (non-hydrogen) atoms. The molecule has 0 bridgehead atoms. The first-order valence-electron chi connectivity index (χ1n) is 4.54. The Bertz CT molecular complexity index is 498. The van der Waals surface area contributed by atoms with Crippen LogP contribution in [-0.4, -0.2) is 17.1 Å². The summed E-state index contributed by atoms with van der Waals surface area (Å²) in [5.74, 6) is 6.59. The number of nitrogens with one attached hydrogen (secondary N) is 1. The van der Waals surface area contributed by atoms with E-state index in [4.69, 9.17) is 10.6 Å². The van der Waals surface area contributed by atoms with Crippen molar-refractivity contribution < 1.29 is 4.74 Å². The molecule has 78 valence electrons. The summed E-state index contributed by atoms with van der Waals surface area (Å²) in [5.41, 5.74) is 4.78. The molecule has 2 rings (SSSR count). The van der Waals surface area contributed by atoms with Crippen LogP contribution in [0.5, 0.6) is 5.75 Å². The number of hydrogen-bond donors (Lipinski definition) is 2. The van der Waals surface area contributed by atoms with E-state index in [0.717, 1.165) is 11.2 Å². The van der Waals surface area contributed by atoms with Crippen molar-refractivity contribution in [2.75, 3.05) is 12.5 Å². The quantitative estimate of drug-likeness (QED) is 0.568. The maximum absolute atomic E-state index is 5.34. The fourth-order valence-electron chi connectivity index (χ4n) is 1.44. The van der Waals surface area contributed by atoms with Gasteiger partial charge in [0.05, 0.1) is 18.3 Å². The molecule has 5 heteroatoms. The van der Waals surface area contributed by atoms with Gasteiger partial charge in [-0.2, -0.15) is 0 Å². The van der Waals surface area contributed by atoms with Crippen LogP contribution in [0.15, 0.2) is 18.2 Å². The Kier molecular flexibility index (Phi) is 2.39. The van der Waals surface area contributed by atoms with Crippen molar-refractivity contribution in [1.82, 2.24) is 9.97 Å². The lowest BCUT2D eigenvalue weighted by molar-refractivity contribution is 0.419. The number of aryl methyl sites for hydroxylation is 1. The minimum Gasteiger partial charge on any atom is -0.494 e. The number of benzene rings is 1.